The number of aromatic carboxylic acids is 1. The Kier molecular flexibility index (Phi) is 8.17. The molecule has 0 saturated heterocycles. The Hall–Kier alpha value is -2.03. The predicted molar refractivity (Wildman–Crippen MR) is 96.0 cm³/mol. The zero-order chi connectivity index (χ0) is 17.2. The second-order valence-corrected chi connectivity index (χ2v) is 6.03. The van der Waals surface area contributed by atoms with Gasteiger partial charge in [-0.15, -0.1) is 0 Å². The number of phenols is 1. The molecule has 0 heterocycles. The van der Waals surface area contributed by atoms with Crippen molar-refractivity contribution in [1.82, 2.24) is 0 Å². The minimum atomic E-state index is -0.976. The van der Waals surface area contributed by atoms with Gasteiger partial charge >= 0.3 is 5.97 Å². The quantitative estimate of drug-likeness (QED) is 0.437. The Morgan fingerprint density at radius 3 is 2.43 bits per heavy atom. The van der Waals surface area contributed by atoms with E-state index in [1.54, 1.807) is 12.2 Å². The molecule has 0 bridgehead atoms. The van der Waals surface area contributed by atoms with E-state index in [0.29, 0.717) is 12.0 Å². The van der Waals surface area contributed by atoms with Gasteiger partial charge in [0.1, 0.15) is 5.75 Å². The van der Waals surface area contributed by atoms with Crippen LogP contribution in [-0.4, -0.2) is 16.2 Å². The lowest BCUT2D eigenvalue weighted by Gasteiger charge is -2.12. The molecule has 1 rings (SSSR count). The van der Waals surface area contributed by atoms with E-state index in [9.17, 15) is 15.0 Å². The van der Waals surface area contributed by atoms with Crippen LogP contribution >= 0.6 is 0 Å². The summed E-state index contributed by atoms with van der Waals surface area (Å²) in [4.78, 5) is 11.4. The van der Waals surface area contributed by atoms with Crippen LogP contribution in [0.3, 0.4) is 0 Å². The molecule has 0 spiro atoms. The standard InChI is InChI=1S/C20H28O3/c1-4-5-6-7-8-9-10-17-16(12-11-15(2)3)18(20(22)23)13-14-19(17)21/h11-14,21H,2,4-10H2,1,3H3,(H,22,23)/b12-11+. The van der Waals surface area contributed by atoms with Crippen molar-refractivity contribution in [2.75, 3.05) is 0 Å². The molecule has 0 unspecified atom stereocenters. The van der Waals surface area contributed by atoms with Crippen molar-refractivity contribution in [3.8, 4) is 5.75 Å². The third kappa shape index (κ3) is 6.31. The second-order valence-electron chi connectivity index (χ2n) is 6.03. The van der Waals surface area contributed by atoms with Crippen LogP contribution in [0.25, 0.3) is 6.08 Å². The lowest BCUT2D eigenvalue weighted by Crippen LogP contribution is -2.03. The maximum Gasteiger partial charge on any atom is 0.336 e. The van der Waals surface area contributed by atoms with Crippen LogP contribution < -0.4 is 0 Å². The molecule has 3 heteroatoms. The van der Waals surface area contributed by atoms with Crippen LogP contribution in [-0.2, 0) is 6.42 Å². The zero-order valence-corrected chi connectivity index (χ0v) is 14.3. The molecular formula is C20H28O3. The first kappa shape index (κ1) is 19.0. The minimum absolute atomic E-state index is 0.171. The van der Waals surface area contributed by atoms with Crippen LogP contribution in [0.1, 0.15) is 73.9 Å². The Morgan fingerprint density at radius 1 is 1.17 bits per heavy atom. The number of hydrogen-bond donors (Lipinski definition) is 2. The molecule has 0 radical (unpaired) electrons. The van der Waals surface area contributed by atoms with Gasteiger partial charge in [0.25, 0.3) is 0 Å². The number of phenolic OH excluding ortho intramolecular Hbond substituents is 1. The highest BCUT2D eigenvalue weighted by Gasteiger charge is 2.15. The highest BCUT2D eigenvalue weighted by Crippen LogP contribution is 2.28. The average molecular weight is 316 g/mol. The van der Waals surface area contributed by atoms with Gasteiger partial charge in [0.2, 0.25) is 0 Å². The van der Waals surface area contributed by atoms with Gasteiger partial charge in [-0.3, -0.25) is 0 Å². The van der Waals surface area contributed by atoms with Crippen LogP contribution in [0.4, 0.5) is 0 Å². The van der Waals surface area contributed by atoms with E-state index < -0.39 is 5.97 Å². The summed E-state index contributed by atoms with van der Waals surface area (Å²) in [6.45, 7) is 7.85. The predicted octanol–water partition coefficient (Wildman–Crippen LogP) is 5.58. The van der Waals surface area contributed by atoms with Crippen LogP contribution in [0, 0.1) is 0 Å². The van der Waals surface area contributed by atoms with Crippen LogP contribution in [0.2, 0.25) is 0 Å². The van der Waals surface area contributed by atoms with Crippen molar-refractivity contribution in [2.24, 2.45) is 0 Å². The van der Waals surface area contributed by atoms with Crippen molar-refractivity contribution in [1.29, 1.82) is 0 Å². The molecule has 1 aromatic carbocycles. The molecule has 3 nitrogen and oxygen atoms in total. The Balaban J connectivity index is 2.92. The van der Waals surface area contributed by atoms with Gasteiger partial charge in [-0.05, 0) is 37.5 Å². The lowest BCUT2D eigenvalue weighted by molar-refractivity contribution is 0.0696. The summed E-state index contributed by atoms with van der Waals surface area (Å²) in [5, 5.41) is 19.5. The number of allylic oxidation sites excluding steroid dienone is 2. The van der Waals surface area contributed by atoms with E-state index in [0.717, 1.165) is 24.0 Å². The molecule has 2 N–H and O–H groups in total. The number of carboxylic acid groups (broad SMARTS) is 1. The van der Waals surface area contributed by atoms with Gasteiger partial charge in [-0.1, -0.05) is 63.3 Å². The SMILES string of the molecule is C=C(C)/C=C/c1c(C(=O)O)ccc(O)c1CCCCCCCC. The monoisotopic (exact) mass is 316 g/mol. The average Bonchev–Trinajstić information content (AvgIpc) is 2.49. The van der Waals surface area contributed by atoms with Crippen molar-refractivity contribution < 1.29 is 15.0 Å². The summed E-state index contributed by atoms with van der Waals surface area (Å²) in [6, 6.07) is 2.94. The van der Waals surface area contributed by atoms with E-state index in [1.165, 1.54) is 37.8 Å². The third-order valence-corrected chi connectivity index (χ3v) is 3.88. The Bertz CT molecular complexity index is 570. The van der Waals surface area contributed by atoms with Gasteiger partial charge in [-0.2, -0.15) is 0 Å². The normalized spacial score (nSPS) is 11.0. The van der Waals surface area contributed by atoms with Crippen molar-refractivity contribution >= 4 is 12.0 Å². The van der Waals surface area contributed by atoms with Crippen LogP contribution in [0.15, 0.2) is 30.4 Å². The number of carboxylic acids is 1. The number of hydrogen-bond acceptors (Lipinski definition) is 2. The van der Waals surface area contributed by atoms with Gasteiger partial charge < -0.3 is 10.2 Å². The number of rotatable bonds is 10. The number of aromatic hydroxyl groups is 1. The first-order valence-electron chi connectivity index (χ1n) is 8.39. The number of carbonyl (C=O) groups is 1. The molecule has 0 atom stereocenters. The third-order valence-electron chi connectivity index (χ3n) is 3.88. The van der Waals surface area contributed by atoms with Gasteiger partial charge in [0.15, 0.2) is 0 Å². The zero-order valence-electron chi connectivity index (χ0n) is 14.3. The summed E-state index contributed by atoms with van der Waals surface area (Å²) in [5.74, 6) is -0.805. The van der Waals surface area contributed by atoms with E-state index in [-0.39, 0.29) is 11.3 Å². The summed E-state index contributed by atoms with van der Waals surface area (Å²) >= 11 is 0. The molecule has 23 heavy (non-hydrogen) atoms. The van der Waals surface area contributed by atoms with E-state index in [2.05, 4.69) is 13.5 Å². The summed E-state index contributed by atoms with van der Waals surface area (Å²) < 4.78 is 0. The van der Waals surface area contributed by atoms with E-state index in [4.69, 9.17) is 0 Å². The lowest BCUT2D eigenvalue weighted by atomic mass is 9.94. The van der Waals surface area contributed by atoms with Crippen LogP contribution in [0.5, 0.6) is 5.75 Å². The maximum atomic E-state index is 11.4. The van der Waals surface area contributed by atoms with Gasteiger partial charge in [-0.25, -0.2) is 4.79 Å². The van der Waals surface area contributed by atoms with Crippen molar-refractivity contribution in [2.45, 2.75) is 58.8 Å². The molecule has 0 amide bonds. The molecule has 0 saturated carbocycles. The number of benzene rings is 1. The van der Waals surface area contributed by atoms with E-state index >= 15 is 0 Å². The molecule has 0 aliphatic heterocycles. The van der Waals surface area contributed by atoms with Gasteiger partial charge in [0.05, 0.1) is 5.56 Å². The molecule has 126 valence electrons. The maximum absolute atomic E-state index is 11.4. The molecule has 0 aliphatic rings. The molecule has 1 aromatic rings. The summed E-state index contributed by atoms with van der Waals surface area (Å²) in [6.07, 6.45) is 11.2. The summed E-state index contributed by atoms with van der Waals surface area (Å²) in [5.41, 5.74) is 2.38. The summed E-state index contributed by atoms with van der Waals surface area (Å²) in [7, 11) is 0. The highest BCUT2D eigenvalue weighted by molar-refractivity contribution is 5.93. The first-order chi connectivity index (χ1) is 11.0. The molecular weight excluding hydrogens is 288 g/mol. The number of unbranched alkanes of at least 4 members (excludes halogenated alkanes) is 5. The Morgan fingerprint density at radius 2 is 1.83 bits per heavy atom. The first-order valence-corrected chi connectivity index (χ1v) is 8.39. The smallest absolute Gasteiger partial charge is 0.336 e. The van der Waals surface area contributed by atoms with Crippen molar-refractivity contribution in [3.05, 3.63) is 47.1 Å². The largest absolute Gasteiger partial charge is 0.508 e. The minimum Gasteiger partial charge on any atom is -0.508 e. The van der Waals surface area contributed by atoms with E-state index in [1.807, 2.05) is 6.92 Å². The topological polar surface area (TPSA) is 57.5 Å². The molecule has 0 fully saturated rings. The fourth-order valence-electron chi connectivity index (χ4n) is 2.60. The fourth-order valence-corrected chi connectivity index (χ4v) is 2.60. The Labute approximate surface area is 139 Å². The second kappa shape index (κ2) is 9.88. The highest BCUT2D eigenvalue weighted by atomic mass is 16.4. The molecule has 0 aromatic heterocycles. The van der Waals surface area contributed by atoms with Gasteiger partial charge in [0, 0.05) is 5.56 Å². The fraction of sp³-hybridized carbons (Fsp3) is 0.450. The van der Waals surface area contributed by atoms with Crippen molar-refractivity contribution in [3.63, 3.8) is 0 Å². The molecule has 0 aliphatic carbocycles.